The zero-order chi connectivity index (χ0) is 16.8. The highest BCUT2D eigenvalue weighted by Crippen LogP contribution is 2.21. The van der Waals surface area contributed by atoms with Gasteiger partial charge in [0.1, 0.15) is 22.9 Å². The van der Waals surface area contributed by atoms with E-state index in [1.165, 1.54) is 0 Å². The maximum Gasteiger partial charge on any atom is 0.216 e. The molecule has 2 aromatic rings. The lowest BCUT2D eigenvalue weighted by atomic mass is 10.00. The van der Waals surface area contributed by atoms with Gasteiger partial charge >= 0.3 is 0 Å². The summed E-state index contributed by atoms with van der Waals surface area (Å²) in [5.41, 5.74) is 14.1. The molecule has 0 bridgehead atoms. The lowest BCUT2D eigenvalue weighted by Gasteiger charge is -2.08. The predicted octanol–water partition coefficient (Wildman–Crippen LogP) is 1.25. The van der Waals surface area contributed by atoms with E-state index in [0.717, 1.165) is 17.1 Å². The Morgan fingerprint density at radius 1 is 0.957 bits per heavy atom. The van der Waals surface area contributed by atoms with Crippen molar-refractivity contribution in [3.05, 3.63) is 71.4 Å². The fourth-order valence-electron chi connectivity index (χ4n) is 2.14. The molecule has 0 aromatic heterocycles. The normalized spacial score (nSPS) is 12.5. The van der Waals surface area contributed by atoms with Gasteiger partial charge in [0.25, 0.3) is 0 Å². The minimum absolute atomic E-state index is 0.312. The molecule has 0 spiro atoms. The van der Waals surface area contributed by atoms with E-state index in [0.29, 0.717) is 22.8 Å². The Hall–Kier alpha value is -3.08. The van der Waals surface area contributed by atoms with Gasteiger partial charge in [-0.2, -0.15) is 0 Å². The molecular formula is C18H21N4O+. The third kappa shape index (κ3) is 3.97. The molecule has 0 aliphatic carbocycles. The van der Waals surface area contributed by atoms with Crippen molar-refractivity contribution in [1.29, 1.82) is 0 Å². The summed E-state index contributed by atoms with van der Waals surface area (Å²) in [5, 5.41) is 6.20. The molecule has 0 amide bonds. The molecule has 2 aromatic carbocycles. The number of rotatable bonds is 5. The van der Waals surface area contributed by atoms with Crippen LogP contribution >= 0.6 is 0 Å². The molecule has 0 unspecified atom stereocenters. The van der Waals surface area contributed by atoms with Crippen molar-refractivity contribution in [2.45, 2.75) is 6.92 Å². The van der Waals surface area contributed by atoms with Gasteiger partial charge in [-0.3, -0.25) is 10.4 Å². The summed E-state index contributed by atoms with van der Waals surface area (Å²) in [7, 11) is 1.60. The van der Waals surface area contributed by atoms with Gasteiger partial charge < -0.3 is 16.2 Å². The second kappa shape index (κ2) is 7.26. The Morgan fingerprint density at radius 3 is 2.04 bits per heavy atom. The van der Waals surface area contributed by atoms with Crippen LogP contribution in [-0.2, 0) is 0 Å². The Labute approximate surface area is 135 Å². The number of ether oxygens (including phenoxy) is 1. The molecule has 6 N–H and O–H groups in total. The minimum atomic E-state index is 0.312. The molecule has 0 aliphatic heterocycles. The maximum absolute atomic E-state index is 6.20. The van der Waals surface area contributed by atoms with Crippen LogP contribution in [0, 0.1) is 0 Å². The second-order valence-corrected chi connectivity index (χ2v) is 5.02. The predicted molar refractivity (Wildman–Crippen MR) is 93.4 cm³/mol. The first kappa shape index (κ1) is 16.3. The van der Waals surface area contributed by atoms with Crippen LogP contribution in [0.15, 0.2) is 70.9 Å². The van der Waals surface area contributed by atoms with E-state index < -0.39 is 0 Å². The number of benzene rings is 2. The monoisotopic (exact) mass is 309 g/mol. The van der Waals surface area contributed by atoms with E-state index in [-0.39, 0.29) is 0 Å². The number of nitrogens with two attached hydrogens (primary N) is 3. The van der Waals surface area contributed by atoms with E-state index in [4.69, 9.17) is 21.6 Å². The topological polar surface area (TPSA) is 99.2 Å². The molecule has 5 heteroatoms. The summed E-state index contributed by atoms with van der Waals surface area (Å²) >= 11 is 0. The molecular weight excluding hydrogens is 288 g/mol. The van der Waals surface area contributed by atoms with Crippen LogP contribution in [0.2, 0.25) is 0 Å². The second-order valence-electron chi connectivity index (χ2n) is 5.02. The molecule has 118 valence electrons. The highest BCUT2D eigenvalue weighted by Gasteiger charge is 2.19. The zero-order valence-electron chi connectivity index (χ0n) is 13.3. The van der Waals surface area contributed by atoms with E-state index in [1.54, 1.807) is 14.0 Å². The molecule has 2 rings (SSSR count). The summed E-state index contributed by atoms with van der Waals surface area (Å²) in [6, 6.07) is 17.0. The first-order chi connectivity index (χ1) is 11.0. The van der Waals surface area contributed by atoms with Gasteiger partial charge in [-0.1, -0.05) is 18.2 Å². The van der Waals surface area contributed by atoms with Gasteiger partial charge in [0, 0.05) is 18.3 Å². The molecule has 0 heterocycles. The highest BCUT2D eigenvalue weighted by atomic mass is 16.5. The van der Waals surface area contributed by atoms with Crippen LogP contribution in [0.4, 0.5) is 0 Å². The molecule has 0 aliphatic rings. The van der Waals surface area contributed by atoms with Crippen LogP contribution in [0.3, 0.4) is 0 Å². The SMILES string of the molecule is CN=C(N)/C(C(=[NH2+])c1ccc(Oc2ccccc2)cc1)=C(\C)N. The van der Waals surface area contributed by atoms with Crippen molar-refractivity contribution >= 4 is 11.5 Å². The smallest absolute Gasteiger partial charge is 0.216 e. The van der Waals surface area contributed by atoms with Crippen LogP contribution in [0.1, 0.15) is 12.5 Å². The fourth-order valence-corrected chi connectivity index (χ4v) is 2.14. The number of hydrogen-bond donors (Lipinski definition) is 3. The summed E-state index contributed by atoms with van der Waals surface area (Å²) in [6.07, 6.45) is 0. The van der Waals surface area contributed by atoms with Crippen LogP contribution < -0.4 is 21.6 Å². The van der Waals surface area contributed by atoms with E-state index in [1.807, 2.05) is 54.6 Å². The Balaban J connectivity index is 2.22. The van der Waals surface area contributed by atoms with E-state index in [2.05, 4.69) is 4.99 Å². The quantitative estimate of drug-likeness (QED) is 0.572. The average molecular weight is 309 g/mol. The minimum Gasteiger partial charge on any atom is -0.457 e. The van der Waals surface area contributed by atoms with Crippen molar-refractivity contribution in [2.75, 3.05) is 7.05 Å². The van der Waals surface area contributed by atoms with Crippen molar-refractivity contribution in [1.82, 2.24) is 0 Å². The molecule has 23 heavy (non-hydrogen) atoms. The van der Waals surface area contributed by atoms with Gasteiger partial charge in [-0.05, 0) is 43.3 Å². The number of amidine groups is 1. The molecule has 5 nitrogen and oxygen atoms in total. The summed E-state index contributed by atoms with van der Waals surface area (Å²) in [4.78, 5) is 3.96. The van der Waals surface area contributed by atoms with Crippen LogP contribution in [-0.4, -0.2) is 18.6 Å². The fraction of sp³-hybridized carbons (Fsp3) is 0.111. The lowest BCUT2D eigenvalue weighted by molar-refractivity contribution is -0.111. The molecule has 0 radical (unpaired) electrons. The van der Waals surface area contributed by atoms with Gasteiger partial charge in [-0.25, -0.2) is 0 Å². The van der Waals surface area contributed by atoms with Gasteiger partial charge in [-0.15, -0.1) is 0 Å². The number of hydrogen-bond acceptors (Lipinski definition) is 3. The number of para-hydroxylation sites is 1. The third-order valence-electron chi connectivity index (χ3n) is 3.30. The first-order valence-corrected chi connectivity index (χ1v) is 7.18. The molecule has 0 saturated carbocycles. The van der Waals surface area contributed by atoms with Crippen LogP contribution in [0.25, 0.3) is 0 Å². The standard InChI is InChI=1S/C18H20N4O/c1-12(19)16(18(21)22-2)17(20)13-8-10-15(11-9-13)23-14-6-4-3-5-7-14/h3-11,20H,19H2,1-2H3,(H2,21,22)/p+1/b16-12+,20-17?. The van der Waals surface area contributed by atoms with E-state index in [9.17, 15) is 0 Å². The number of nitrogens with zero attached hydrogens (tertiary/aromatic N) is 1. The molecule has 0 saturated heterocycles. The third-order valence-corrected chi connectivity index (χ3v) is 3.30. The number of allylic oxidation sites excluding steroid dienone is 1. The van der Waals surface area contributed by atoms with E-state index >= 15 is 0 Å². The molecule has 0 fully saturated rings. The summed E-state index contributed by atoms with van der Waals surface area (Å²) < 4.78 is 5.75. The Kier molecular flexibility index (Phi) is 5.15. The average Bonchev–Trinajstić information content (AvgIpc) is 2.56. The van der Waals surface area contributed by atoms with Gasteiger partial charge in [0.15, 0.2) is 0 Å². The number of aliphatic imine (C=N–C) groups is 1. The zero-order valence-corrected chi connectivity index (χ0v) is 13.3. The van der Waals surface area contributed by atoms with Gasteiger partial charge in [0.2, 0.25) is 5.71 Å². The highest BCUT2D eigenvalue weighted by molar-refractivity contribution is 6.27. The first-order valence-electron chi connectivity index (χ1n) is 7.18. The Morgan fingerprint density at radius 2 is 1.52 bits per heavy atom. The summed E-state index contributed by atoms with van der Waals surface area (Å²) in [5.74, 6) is 1.81. The van der Waals surface area contributed by atoms with Crippen molar-refractivity contribution in [2.24, 2.45) is 16.5 Å². The van der Waals surface area contributed by atoms with Crippen molar-refractivity contribution in [3.8, 4) is 11.5 Å². The van der Waals surface area contributed by atoms with Crippen molar-refractivity contribution < 1.29 is 10.1 Å². The lowest BCUT2D eigenvalue weighted by Crippen LogP contribution is -2.45. The van der Waals surface area contributed by atoms with Gasteiger partial charge in [0.05, 0.1) is 0 Å². The maximum atomic E-state index is 6.20. The Bertz CT molecular complexity index is 742. The summed E-state index contributed by atoms with van der Waals surface area (Å²) in [6.45, 7) is 1.74. The van der Waals surface area contributed by atoms with Crippen LogP contribution in [0.5, 0.6) is 11.5 Å². The molecule has 0 atom stereocenters. The van der Waals surface area contributed by atoms with Crippen molar-refractivity contribution in [3.63, 3.8) is 0 Å². The largest absolute Gasteiger partial charge is 0.457 e.